The molecule has 0 spiro atoms. The summed E-state index contributed by atoms with van der Waals surface area (Å²) in [4.78, 5) is 15.1. The van der Waals surface area contributed by atoms with Gasteiger partial charge < -0.3 is 9.64 Å². The number of amides is 1. The van der Waals surface area contributed by atoms with Gasteiger partial charge in [0.1, 0.15) is 5.75 Å². The van der Waals surface area contributed by atoms with E-state index in [9.17, 15) is 13.2 Å². The number of hydrogen-bond acceptors (Lipinski definition) is 4. The van der Waals surface area contributed by atoms with Crippen molar-refractivity contribution in [2.45, 2.75) is 31.0 Å². The lowest BCUT2D eigenvalue weighted by atomic mass is 9.93. The molecule has 28 heavy (non-hydrogen) atoms. The molecule has 1 aromatic carbocycles. The van der Waals surface area contributed by atoms with Crippen LogP contribution < -0.4 is 4.74 Å². The Morgan fingerprint density at radius 2 is 1.89 bits per heavy atom. The number of benzene rings is 1. The molecule has 0 saturated carbocycles. The monoisotopic (exact) mass is 423 g/mol. The van der Waals surface area contributed by atoms with Crippen LogP contribution >= 0.6 is 11.6 Å². The molecule has 2 aliphatic rings. The second-order valence-corrected chi connectivity index (χ2v) is 10.5. The SMILES string of the molecule is CC(C)COc1ccc(S(C)(=O)=O)cc1C(=O)N1CC2=CC(C)C(Cl)C=C2C1. The minimum absolute atomic E-state index is 0.0766. The van der Waals surface area contributed by atoms with Gasteiger partial charge in [-0.05, 0) is 41.2 Å². The first-order valence-corrected chi connectivity index (χ1v) is 11.7. The van der Waals surface area contributed by atoms with Crippen LogP contribution in [0.5, 0.6) is 5.75 Å². The van der Waals surface area contributed by atoms with Crippen LogP contribution in [0.2, 0.25) is 0 Å². The first-order chi connectivity index (χ1) is 13.1. The van der Waals surface area contributed by atoms with Crippen LogP contribution in [0.15, 0.2) is 46.4 Å². The highest BCUT2D eigenvalue weighted by Gasteiger charge is 2.32. The van der Waals surface area contributed by atoms with Crippen molar-refractivity contribution in [3.63, 3.8) is 0 Å². The van der Waals surface area contributed by atoms with E-state index >= 15 is 0 Å². The summed E-state index contributed by atoms with van der Waals surface area (Å²) in [7, 11) is -3.43. The summed E-state index contributed by atoms with van der Waals surface area (Å²) < 4.78 is 29.8. The largest absolute Gasteiger partial charge is 0.492 e. The third-order valence-corrected chi connectivity index (χ3v) is 6.56. The zero-order valence-corrected chi connectivity index (χ0v) is 18.2. The summed E-state index contributed by atoms with van der Waals surface area (Å²) in [6.45, 7) is 7.48. The van der Waals surface area contributed by atoms with E-state index < -0.39 is 9.84 Å². The van der Waals surface area contributed by atoms with Gasteiger partial charge in [-0.15, -0.1) is 11.6 Å². The Hall–Kier alpha value is -1.79. The van der Waals surface area contributed by atoms with Gasteiger partial charge in [0.05, 0.1) is 22.4 Å². The number of nitrogens with zero attached hydrogens (tertiary/aromatic N) is 1. The Bertz CT molecular complexity index is 923. The number of hydrogen-bond donors (Lipinski definition) is 0. The van der Waals surface area contributed by atoms with Crippen LogP contribution in [-0.2, 0) is 9.84 Å². The van der Waals surface area contributed by atoms with Crippen LogP contribution in [0.1, 0.15) is 31.1 Å². The Balaban J connectivity index is 1.93. The molecule has 2 unspecified atom stereocenters. The standard InChI is InChI=1S/C21H26ClNO4S/c1-13(2)12-27-20-6-5-17(28(4,25)26)9-18(20)21(24)23-10-15-7-14(3)19(22)8-16(15)11-23/h5-9,13-14,19H,10-12H2,1-4H3. The smallest absolute Gasteiger partial charge is 0.258 e. The van der Waals surface area contributed by atoms with E-state index in [1.165, 1.54) is 12.1 Å². The number of allylic oxidation sites excluding steroid dienone is 2. The van der Waals surface area contributed by atoms with E-state index in [0.717, 1.165) is 17.4 Å². The maximum absolute atomic E-state index is 13.3. The number of ether oxygens (including phenoxy) is 1. The fourth-order valence-electron chi connectivity index (χ4n) is 3.35. The summed E-state index contributed by atoms with van der Waals surface area (Å²) in [6.07, 6.45) is 5.26. The second kappa shape index (κ2) is 7.91. The van der Waals surface area contributed by atoms with Crippen molar-refractivity contribution in [3.05, 3.63) is 47.1 Å². The van der Waals surface area contributed by atoms with Gasteiger partial charge >= 0.3 is 0 Å². The highest BCUT2D eigenvalue weighted by molar-refractivity contribution is 7.90. The molecular weight excluding hydrogens is 398 g/mol. The first-order valence-electron chi connectivity index (χ1n) is 9.38. The maximum atomic E-state index is 13.3. The predicted octanol–water partition coefficient (Wildman–Crippen LogP) is 3.69. The van der Waals surface area contributed by atoms with Crippen molar-refractivity contribution in [1.82, 2.24) is 4.90 Å². The number of likely N-dealkylation sites (tertiary alicyclic amines) is 1. The molecule has 1 aliphatic heterocycles. The topological polar surface area (TPSA) is 63.7 Å². The van der Waals surface area contributed by atoms with Gasteiger partial charge in [-0.1, -0.05) is 32.9 Å². The average Bonchev–Trinajstić information content (AvgIpc) is 3.01. The van der Waals surface area contributed by atoms with Gasteiger partial charge in [0.2, 0.25) is 0 Å². The van der Waals surface area contributed by atoms with Crippen molar-refractivity contribution in [2.75, 3.05) is 26.0 Å². The molecule has 1 aromatic rings. The minimum atomic E-state index is -3.43. The fraction of sp³-hybridized carbons (Fsp3) is 0.476. The third-order valence-electron chi connectivity index (χ3n) is 4.93. The number of carbonyl (C=O) groups is 1. The van der Waals surface area contributed by atoms with Gasteiger partial charge in [-0.2, -0.15) is 0 Å². The van der Waals surface area contributed by atoms with Crippen LogP contribution in [0.3, 0.4) is 0 Å². The number of rotatable bonds is 5. The molecule has 2 atom stereocenters. The van der Waals surface area contributed by atoms with Crippen molar-refractivity contribution in [1.29, 1.82) is 0 Å². The Morgan fingerprint density at radius 1 is 1.25 bits per heavy atom. The molecule has 0 N–H and O–H groups in total. The molecule has 5 nitrogen and oxygen atoms in total. The van der Waals surface area contributed by atoms with Crippen molar-refractivity contribution < 1.29 is 17.9 Å². The number of fused-ring (bicyclic) bond motifs is 1. The summed E-state index contributed by atoms with van der Waals surface area (Å²) in [6, 6.07) is 4.48. The minimum Gasteiger partial charge on any atom is -0.492 e. The molecule has 1 saturated heterocycles. The Kier molecular flexibility index (Phi) is 5.92. The van der Waals surface area contributed by atoms with Gasteiger partial charge in [-0.25, -0.2) is 8.42 Å². The zero-order valence-electron chi connectivity index (χ0n) is 16.6. The highest BCUT2D eigenvalue weighted by atomic mass is 35.5. The molecule has 0 aromatic heterocycles. The normalized spacial score (nSPS) is 22.0. The molecule has 1 fully saturated rings. The summed E-state index contributed by atoms with van der Waals surface area (Å²) in [5.41, 5.74) is 2.45. The molecule has 0 radical (unpaired) electrons. The van der Waals surface area contributed by atoms with Crippen molar-refractivity contribution >= 4 is 27.3 Å². The van der Waals surface area contributed by atoms with Crippen LogP contribution in [0.25, 0.3) is 0 Å². The third kappa shape index (κ3) is 4.44. The summed E-state index contributed by atoms with van der Waals surface area (Å²) in [5, 5.41) is -0.0766. The van der Waals surface area contributed by atoms with Crippen molar-refractivity contribution in [3.8, 4) is 5.75 Å². The summed E-state index contributed by atoms with van der Waals surface area (Å²) in [5.74, 6) is 0.672. The number of carbonyl (C=O) groups excluding carboxylic acids is 1. The van der Waals surface area contributed by atoms with E-state index in [4.69, 9.17) is 16.3 Å². The Morgan fingerprint density at radius 3 is 2.50 bits per heavy atom. The zero-order chi connectivity index (χ0) is 20.6. The lowest BCUT2D eigenvalue weighted by molar-refractivity contribution is 0.0795. The molecule has 0 bridgehead atoms. The molecule has 3 rings (SSSR count). The fourth-order valence-corrected chi connectivity index (χ4v) is 4.22. The van der Waals surface area contributed by atoms with E-state index in [0.29, 0.717) is 25.4 Å². The van der Waals surface area contributed by atoms with Crippen molar-refractivity contribution in [2.24, 2.45) is 11.8 Å². The van der Waals surface area contributed by atoms with Gasteiger partial charge in [0, 0.05) is 19.3 Å². The quantitative estimate of drug-likeness (QED) is 0.677. The van der Waals surface area contributed by atoms with Crippen LogP contribution in [-0.4, -0.2) is 50.6 Å². The van der Waals surface area contributed by atoms with E-state index in [1.54, 1.807) is 11.0 Å². The molecular formula is C21H26ClNO4S. The summed E-state index contributed by atoms with van der Waals surface area (Å²) >= 11 is 6.33. The van der Waals surface area contributed by atoms with E-state index in [2.05, 4.69) is 13.0 Å². The Labute approximate surface area is 171 Å². The number of halogens is 1. The first kappa shape index (κ1) is 20.9. The number of alkyl halides is 1. The van der Waals surface area contributed by atoms with E-state index in [-0.39, 0.29) is 33.6 Å². The molecule has 1 heterocycles. The molecule has 152 valence electrons. The molecule has 1 amide bonds. The van der Waals surface area contributed by atoms with E-state index in [1.807, 2.05) is 19.9 Å². The predicted molar refractivity (Wildman–Crippen MR) is 111 cm³/mol. The van der Waals surface area contributed by atoms with Crippen LogP contribution in [0, 0.1) is 11.8 Å². The second-order valence-electron chi connectivity index (χ2n) is 7.98. The van der Waals surface area contributed by atoms with Gasteiger partial charge in [0.25, 0.3) is 5.91 Å². The highest BCUT2D eigenvalue weighted by Crippen LogP contribution is 2.34. The lowest BCUT2D eigenvalue weighted by Gasteiger charge is -2.19. The van der Waals surface area contributed by atoms with Crippen LogP contribution in [0.4, 0.5) is 0 Å². The maximum Gasteiger partial charge on any atom is 0.258 e. The number of sulfone groups is 1. The average molecular weight is 424 g/mol. The van der Waals surface area contributed by atoms with Gasteiger partial charge in [-0.3, -0.25) is 4.79 Å². The molecule has 7 heteroatoms. The van der Waals surface area contributed by atoms with Gasteiger partial charge in [0.15, 0.2) is 9.84 Å². The molecule has 1 aliphatic carbocycles. The lowest BCUT2D eigenvalue weighted by Crippen LogP contribution is -2.28.